The fraction of sp³-hybridized carbons (Fsp3) is 0.643. The molecule has 7 heteroatoms. The predicted octanol–water partition coefficient (Wildman–Crippen LogP) is 1.29. The summed E-state index contributed by atoms with van der Waals surface area (Å²) >= 11 is 0. The van der Waals surface area contributed by atoms with Gasteiger partial charge in [0, 0.05) is 31.9 Å². The second-order valence-corrected chi connectivity index (χ2v) is 5.54. The topological polar surface area (TPSA) is 107 Å². The van der Waals surface area contributed by atoms with Gasteiger partial charge in [-0.25, -0.2) is 9.78 Å². The number of aliphatic carboxylic acids is 1. The van der Waals surface area contributed by atoms with E-state index in [-0.39, 0.29) is 12.6 Å². The number of amides is 2. The lowest BCUT2D eigenvalue weighted by Crippen LogP contribution is -2.47. The van der Waals surface area contributed by atoms with E-state index >= 15 is 0 Å². The number of hydrogen-bond acceptors (Lipinski definition) is 3. The molecule has 0 atom stereocenters. The molecule has 4 N–H and O–H groups in total. The molecule has 2 amide bonds. The van der Waals surface area contributed by atoms with Crippen molar-refractivity contribution >= 4 is 12.0 Å². The van der Waals surface area contributed by atoms with Gasteiger partial charge in [-0.2, -0.15) is 0 Å². The van der Waals surface area contributed by atoms with Gasteiger partial charge in [-0.15, -0.1) is 0 Å². The minimum atomic E-state index is -0.807. The molecule has 0 aromatic carbocycles. The summed E-state index contributed by atoms with van der Waals surface area (Å²) in [6, 6.07) is -0.326. The van der Waals surface area contributed by atoms with Gasteiger partial charge in [0.2, 0.25) is 0 Å². The zero-order valence-electron chi connectivity index (χ0n) is 12.0. The summed E-state index contributed by atoms with van der Waals surface area (Å²) in [5.41, 5.74) is -0.795. The summed E-state index contributed by atoms with van der Waals surface area (Å²) in [4.78, 5) is 30.2. The van der Waals surface area contributed by atoms with Crippen LogP contribution in [0.2, 0.25) is 0 Å². The Hall–Kier alpha value is -2.05. The van der Waals surface area contributed by atoms with Crippen LogP contribution in [0, 0.1) is 5.41 Å². The quantitative estimate of drug-likeness (QED) is 0.634. The number of carboxylic acids is 1. The molecule has 1 saturated carbocycles. The molecule has 1 aromatic rings. The van der Waals surface area contributed by atoms with Crippen molar-refractivity contribution in [1.82, 2.24) is 20.6 Å². The Bertz CT molecular complexity index is 467. The lowest BCUT2D eigenvalue weighted by Gasteiger charge is -2.33. The van der Waals surface area contributed by atoms with E-state index in [2.05, 4.69) is 20.6 Å². The summed E-state index contributed by atoms with van der Waals surface area (Å²) in [6.07, 6.45) is 8.17. The van der Waals surface area contributed by atoms with E-state index in [1.807, 2.05) is 0 Å². The Labute approximate surface area is 123 Å². The highest BCUT2D eigenvalue weighted by molar-refractivity contribution is 5.78. The molecule has 1 fully saturated rings. The number of rotatable bonds is 6. The van der Waals surface area contributed by atoms with Gasteiger partial charge < -0.3 is 20.7 Å². The standard InChI is InChI=1S/C14H22N4O3/c19-12(20)14(5-2-1-3-6-14)10-18-13(21)17-7-4-11-15-8-9-16-11/h8-9H,1-7,10H2,(H,15,16)(H,19,20)(H2,17,18,21). The van der Waals surface area contributed by atoms with Crippen LogP contribution in [-0.4, -0.2) is 40.2 Å². The Morgan fingerprint density at radius 2 is 2.05 bits per heavy atom. The van der Waals surface area contributed by atoms with Gasteiger partial charge in [0.15, 0.2) is 0 Å². The molecule has 21 heavy (non-hydrogen) atoms. The number of carbonyl (C=O) groups is 2. The maximum atomic E-state index is 11.7. The molecular formula is C14H22N4O3. The molecule has 1 aliphatic rings. The first-order valence-corrected chi connectivity index (χ1v) is 7.36. The van der Waals surface area contributed by atoms with Crippen LogP contribution in [0.5, 0.6) is 0 Å². The predicted molar refractivity (Wildman–Crippen MR) is 76.8 cm³/mol. The lowest BCUT2D eigenvalue weighted by atomic mass is 9.74. The highest BCUT2D eigenvalue weighted by Gasteiger charge is 2.39. The van der Waals surface area contributed by atoms with E-state index in [4.69, 9.17) is 0 Å². The van der Waals surface area contributed by atoms with Crippen LogP contribution in [0.4, 0.5) is 4.79 Å². The van der Waals surface area contributed by atoms with Gasteiger partial charge in [-0.05, 0) is 12.8 Å². The van der Waals surface area contributed by atoms with Crippen molar-refractivity contribution < 1.29 is 14.7 Å². The maximum absolute atomic E-state index is 11.7. The average molecular weight is 294 g/mol. The Morgan fingerprint density at radius 3 is 2.67 bits per heavy atom. The van der Waals surface area contributed by atoms with Gasteiger partial charge in [0.1, 0.15) is 5.82 Å². The van der Waals surface area contributed by atoms with E-state index in [0.717, 1.165) is 25.1 Å². The summed E-state index contributed by atoms with van der Waals surface area (Å²) in [7, 11) is 0. The molecule has 0 saturated heterocycles. The van der Waals surface area contributed by atoms with Crippen molar-refractivity contribution in [3.8, 4) is 0 Å². The van der Waals surface area contributed by atoms with E-state index in [1.54, 1.807) is 12.4 Å². The molecule has 2 rings (SSSR count). The number of imidazole rings is 1. The number of aromatic amines is 1. The molecular weight excluding hydrogens is 272 g/mol. The van der Waals surface area contributed by atoms with Crippen molar-refractivity contribution in [3.05, 3.63) is 18.2 Å². The van der Waals surface area contributed by atoms with Crippen LogP contribution in [0.25, 0.3) is 0 Å². The average Bonchev–Trinajstić information content (AvgIpc) is 2.99. The van der Waals surface area contributed by atoms with Gasteiger partial charge >= 0.3 is 12.0 Å². The number of H-pyrrole nitrogens is 1. The third kappa shape index (κ3) is 4.21. The molecule has 0 bridgehead atoms. The molecule has 0 radical (unpaired) electrons. The van der Waals surface area contributed by atoms with Crippen molar-refractivity contribution in [1.29, 1.82) is 0 Å². The first kappa shape index (κ1) is 15.3. The molecule has 0 unspecified atom stereocenters. The number of nitrogens with one attached hydrogen (secondary N) is 3. The summed E-state index contributed by atoms with van der Waals surface area (Å²) < 4.78 is 0. The fourth-order valence-corrected chi connectivity index (χ4v) is 2.74. The van der Waals surface area contributed by atoms with Crippen LogP contribution in [0.15, 0.2) is 12.4 Å². The first-order chi connectivity index (χ1) is 10.1. The summed E-state index contributed by atoms with van der Waals surface area (Å²) in [5.74, 6) is 0.00247. The van der Waals surface area contributed by atoms with Crippen LogP contribution >= 0.6 is 0 Å². The summed E-state index contributed by atoms with van der Waals surface area (Å²) in [5, 5.41) is 14.8. The molecule has 116 valence electrons. The number of carboxylic acid groups (broad SMARTS) is 1. The second kappa shape index (κ2) is 7.10. The Kier molecular flexibility index (Phi) is 5.19. The van der Waals surface area contributed by atoms with Crippen molar-refractivity contribution in [3.63, 3.8) is 0 Å². The van der Waals surface area contributed by atoms with Crippen LogP contribution in [-0.2, 0) is 11.2 Å². The minimum absolute atomic E-state index is 0.189. The summed E-state index contributed by atoms with van der Waals surface area (Å²) in [6.45, 7) is 0.647. The van der Waals surface area contributed by atoms with Gasteiger partial charge in [0.05, 0.1) is 5.41 Å². The number of nitrogens with zero attached hydrogens (tertiary/aromatic N) is 1. The molecule has 1 aliphatic carbocycles. The zero-order valence-corrected chi connectivity index (χ0v) is 12.0. The first-order valence-electron chi connectivity index (χ1n) is 7.36. The van der Waals surface area contributed by atoms with Crippen molar-refractivity contribution in [2.75, 3.05) is 13.1 Å². The lowest BCUT2D eigenvalue weighted by molar-refractivity contribution is -0.150. The Balaban J connectivity index is 1.72. The van der Waals surface area contributed by atoms with E-state index in [9.17, 15) is 14.7 Å². The number of aromatic nitrogens is 2. The highest BCUT2D eigenvalue weighted by atomic mass is 16.4. The number of carbonyl (C=O) groups excluding carboxylic acids is 1. The SMILES string of the molecule is O=C(NCCc1ncc[nH]1)NCC1(C(=O)O)CCCCC1. The number of urea groups is 1. The van der Waals surface area contributed by atoms with E-state index in [0.29, 0.717) is 25.8 Å². The van der Waals surface area contributed by atoms with Gasteiger partial charge in [0.25, 0.3) is 0 Å². The normalized spacial score (nSPS) is 17.1. The van der Waals surface area contributed by atoms with Crippen LogP contribution in [0.3, 0.4) is 0 Å². The van der Waals surface area contributed by atoms with Crippen LogP contribution < -0.4 is 10.6 Å². The monoisotopic (exact) mass is 294 g/mol. The zero-order chi connectivity index (χ0) is 15.1. The smallest absolute Gasteiger partial charge is 0.314 e. The molecule has 0 spiro atoms. The third-order valence-electron chi connectivity index (χ3n) is 4.05. The molecule has 1 aromatic heterocycles. The Morgan fingerprint density at radius 1 is 1.29 bits per heavy atom. The molecule has 0 aliphatic heterocycles. The number of hydrogen-bond donors (Lipinski definition) is 4. The molecule has 7 nitrogen and oxygen atoms in total. The van der Waals surface area contributed by atoms with Crippen LogP contribution in [0.1, 0.15) is 37.9 Å². The largest absolute Gasteiger partial charge is 0.481 e. The molecule has 1 heterocycles. The van der Waals surface area contributed by atoms with Gasteiger partial charge in [-0.3, -0.25) is 4.79 Å². The van der Waals surface area contributed by atoms with E-state index in [1.165, 1.54) is 0 Å². The van der Waals surface area contributed by atoms with Gasteiger partial charge in [-0.1, -0.05) is 19.3 Å². The minimum Gasteiger partial charge on any atom is -0.481 e. The highest BCUT2D eigenvalue weighted by Crippen LogP contribution is 2.35. The second-order valence-electron chi connectivity index (χ2n) is 5.54. The van der Waals surface area contributed by atoms with Crippen molar-refractivity contribution in [2.24, 2.45) is 5.41 Å². The van der Waals surface area contributed by atoms with Crippen molar-refractivity contribution in [2.45, 2.75) is 38.5 Å². The maximum Gasteiger partial charge on any atom is 0.314 e. The van der Waals surface area contributed by atoms with E-state index < -0.39 is 11.4 Å². The third-order valence-corrected chi connectivity index (χ3v) is 4.05. The fourth-order valence-electron chi connectivity index (χ4n) is 2.74.